The molecule has 82 valence electrons. The molecular formula is C10H10Cl2O3. The molecule has 1 aromatic rings. The lowest BCUT2D eigenvalue weighted by Gasteiger charge is -2.06. The van der Waals surface area contributed by atoms with Gasteiger partial charge in [0.05, 0.1) is 22.2 Å². The number of carbonyl (C=O) groups is 1. The van der Waals surface area contributed by atoms with Crippen LogP contribution in [0.1, 0.15) is 23.7 Å². The van der Waals surface area contributed by atoms with E-state index in [2.05, 4.69) is 0 Å². The van der Waals surface area contributed by atoms with E-state index >= 15 is 0 Å². The number of halogens is 2. The lowest BCUT2D eigenvalue weighted by Crippen LogP contribution is -2.06. The number of phenolic OH excluding ortho intramolecular Hbond substituents is 1. The molecule has 3 nitrogen and oxygen atoms in total. The Hall–Kier alpha value is -0.930. The summed E-state index contributed by atoms with van der Waals surface area (Å²) in [5.74, 6) is -0.697. The summed E-state index contributed by atoms with van der Waals surface area (Å²) in [5, 5.41) is 9.41. The highest BCUT2D eigenvalue weighted by atomic mass is 35.5. The maximum atomic E-state index is 11.4. The van der Waals surface area contributed by atoms with Crippen molar-refractivity contribution in [3.8, 4) is 5.75 Å². The van der Waals surface area contributed by atoms with E-state index in [1.54, 1.807) is 0 Å². The molecule has 0 atom stereocenters. The lowest BCUT2D eigenvalue weighted by molar-refractivity contribution is 0.0505. The van der Waals surface area contributed by atoms with Gasteiger partial charge in [-0.1, -0.05) is 30.1 Å². The zero-order chi connectivity index (χ0) is 11.4. The molecule has 0 fully saturated rings. The van der Waals surface area contributed by atoms with Gasteiger partial charge >= 0.3 is 5.97 Å². The molecule has 0 unspecified atom stereocenters. The molecule has 0 heterocycles. The van der Waals surface area contributed by atoms with Crippen molar-refractivity contribution in [3.05, 3.63) is 27.7 Å². The molecular weight excluding hydrogens is 239 g/mol. The summed E-state index contributed by atoms with van der Waals surface area (Å²) in [6.45, 7) is 2.21. The molecule has 0 amide bonds. The standard InChI is InChI=1S/C10H10Cl2O3/c1-2-3-15-10(14)6-4-8(12)9(13)5-7(6)11/h4-5,13H,2-3H2,1H3. The van der Waals surface area contributed by atoms with Crippen LogP contribution < -0.4 is 0 Å². The first-order chi connectivity index (χ1) is 7.06. The maximum Gasteiger partial charge on any atom is 0.339 e. The second-order valence-electron chi connectivity index (χ2n) is 2.92. The molecule has 0 bridgehead atoms. The van der Waals surface area contributed by atoms with Crippen molar-refractivity contribution < 1.29 is 14.6 Å². The number of esters is 1. The lowest BCUT2D eigenvalue weighted by atomic mass is 10.2. The minimum Gasteiger partial charge on any atom is -0.506 e. The molecule has 0 spiro atoms. The van der Waals surface area contributed by atoms with Crippen molar-refractivity contribution in [1.82, 2.24) is 0 Å². The summed E-state index contributed by atoms with van der Waals surface area (Å²) in [4.78, 5) is 11.4. The third-order valence-corrected chi connectivity index (χ3v) is 2.31. The van der Waals surface area contributed by atoms with Crippen LogP contribution >= 0.6 is 23.2 Å². The predicted octanol–water partition coefficient (Wildman–Crippen LogP) is 3.27. The molecule has 0 saturated carbocycles. The number of phenols is 1. The first-order valence-electron chi connectivity index (χ1n) is 4.41. The Kier molecular flexibility index (Phi) is 4.24. The van der Waals surface area contributed by atoms with Crippen molar-refractivity contribution in [2.45, 2.75) is 13.3 Å². The van der Waals surface area contributed by atoms with Crippen LogP contribution in [0.5, 0.6) is 5.75 Å². The Bertz CT molecular complexity index is 377. The summed E-state index contributed by atoms with van der Waals surface area (Å²) in [5.41, 5.74) is 0.160. The van der Waals surface area contributed by atoms with Crippen LogP contribution in [0.2, 0.25) is 10.0 Å². The summed E-state index contributed by atoms with van der Waals surface area (Å²) < 4.78 is 4.89. The largest absolute Gasteiger partial charge is 0.506 e. The molecule has 0 radical (unpaired) electrons. The highest BCUT2D eigenvalue weighted by molar-refractivity contribution is 6.36. The Labute approximate surface area is 97.6 Å². The van der Waals surface area contributed by atoms with Gasteiger partial charge in [-0.15, -0.1) is 0 Å². The van der Waals surface area contributed by atoms with Crippen molar-refractivity contribution in [2.24, 2.45) is 0 Å². The Balaban J connectivity index is 2.94. The first-order valence-corrected chi connectivity index (χ1v) is 5.17. The molecule has 0 aliphatic rings. The minimum atomic E-state index is -0.538. The highest BCUT2D eigenvalue weighted by Gasteiger charge is 2.14. The molecule has 5 heteroatoms. The molecule has 0 aromatic heterocycles. The van der Waals surface area contributed by atoms with Gasteiger partial charge in [-0.3, -0.25) is 0 Å². The zero-order valence-electron chi connectivity index (χ0n) is 8.09. The zero-order valence-corrected chi connectivity index (χ0v) is 9.60. The number of ether oxygens (including phenoxy) is 1. The Morgan fingerprint density at radius 2 is 2.07 bits per heavy atom. The third kappa shape index (κ3) is 3.01. The van der Waals surface area contributed by atoms with Gasteiger partial charge in [0.15, 0.2) is 0 Å². The normalized spacial score (nSPS) is 10.1. The summed E-state index contributed by atoms with van der Waals surface area (Å²) in [6, 6.07) is 2.50. The molecule has 0 aliphatic carbocycles. The second-order valence-corrected chi connectivity index (χ2v) is 3.73. The van der Waals surface area contributed by atoms with Crippen LogP contribution in [0.25, 0.3) is 0 Å². The number of carbonyl (C=O) groups excluding carboxylic acids is 1. The van der Waals surface area contributed by atoms with Crippen molar-refractivity contribution >= 4 is 29.2 Å². The van der Waals surface area contributed by atoms with Crippen LogP contribution in [0, 0.1) is 0 Å². The van der Waals surface area contributed by atoms with Gasteiger partial charge < -0.3 is 9.84 Å². The number of hydrogen-bond acceptors (Lipinski definition) is 3. The van der Waals surface area contributed by atoms with E-state index in [1.165, 1.54) is 12.1 Å². The van der Waals surface area contributed by atoms with Gasteiger partial charge in [0.1, 0.15) is 5.75 Å². The number of rotatable bonds is 3. The van der Waals surface area contributed by atoms with E-state index in [0.717, 1.165) is 6.42 Å². The van der Waals surface area contributed by atoms with Gasteiger partial charge in [0.2, 0.25) is 0 Å². The first kappa shape index (κ1) is 12.1. The molecule has 0 aliphatic heterocycles. The molecule has 15 heavy (non-hydrogen) atoms. The van der Waals surface area contributed by atoms with Gasteiger partial charge in [-0.2, -0.15) is 0 Å². The predicted molar refractivity (Wildman–Crippen MR) is 58.7 cm³/mol. The SMILES string of the molecule is CCCOC(=O)c1cc(Cl)c(O)cc1Cl. The smallest absolute Gasteiger partial charge is 0.339 e. The molecule has 1 aromatic carbocycles. The van der Waals surface area contributed by atoms with Crippen molar-refractivity contribution in [1.29, 1.82) is 0 Å². The minimum absolute atomic E-state index is 0.0721. The number of benzene rings is 1. The van der Waals surface area contributed by atoms with E-state index in [1.807, 2.05) is 6.92 Å². The fraction of sp³-hybridized carbons (Fsp3) is 0.300. The van der Waals surface area contributed by atoms with Crippen LogP contribution in [0.15, 0.2) is 12.1 Å². The average molecular weight is 249 g/mol. The van der Waals surface area contributed by atoms with Crippen molar-refractivity contribution in [3.63, 3.8) is 0 Å². The van der Waals surface area contributed by atoms with E-state index in [-0.39, 0.29) is 21.4 Å². The second kappa shape index (κ2) is 5.24. The van der Waals surface area contributed by atoms with E-state index in [0.29, 0.717) is 6.61 Å². The quantitative estimate of drug-likeness (QED) is 0.836. The van der Waals surface area contributed by atoms with Crippen LogP contribution in [0.4, 0.5) is 0 Å². The Morgan fingerprint density at radius 1 is 1.40 bits per heavy atom. The summed E-state index contributed by atoms with van der Waals surface area (Å²) in [7, 11) is 0. The topological polar surface area (TPSA) is 46.5 Å². The van der Waals surface area contributed by atoms with E-state index in [9.17, 15) is 9.90 Å². The van der Waals surface area contributed by atoms with Crippen LogP contribution in [-0.2, 0) is 4.74 Å². The van der Waals surface area contributed by atoms with Crippen molar-refractivity contribution in [2.75, 3.05) is 6.61 Å². The van der Waals surface area contributed by atoms with Crippen LogP contribution in [0.3, 0.4) is 0 Å². The van der Waals surface area contributed by atoms with E-state index in [4.69, 9.17) is 27.9 Å². The third-order valence-electron chi connectivity index (χ3n) is 1.69. The summed E-state index contributed by atoms with van der Waals surface area (Å²) >= 11 is 11.4. The fourth-order valence-corrected chi connectivity index (χ4v) is 1.36. The Morgan fingerprint density at radius 3 is 2.67 bits per heavy atom. The van der Waals surface area contributed by atoms with Crippen LogP contribution in [-0.4, -0.2) is 17.7 Å². The maximum absolute atomic E-state index is 11.4. The fourth-order valence-electron chi connectivity index (χ4n) is 0.965. The molecule has 0 saturated heterocycles. The highest BCUT2D eigenvalue weighted by Crippen LogP contribution is 2.30. The number of hydrogen-bond donors (Lipinski definition) is 1. The number of aromatic hydroxyl groups is 1. The molecule has 1 rings (SSSR count). The van der Waals surface area contributed by atoms with Gasteiger partial charge in [0, 0.05) is 6.07 Å². The van der Waals surface area contributed by atoms with Gasteiger partial charge in [-0.05, 0) is 12.5 Å². The monoisotopic (exact) mass is 248 g/mol. The summed E-state index contributed by atoms with van der Waals surface area (Å²) in [6.07, 6.45) is 0.731. The van der Waals surface area contributed by atoms with E-state index < -0.39 is 5.97 Å². The average Bonchev–Trinajstić information content (AvgIpc) is 2.20. The van der Waals surface area contributed by atoms with Gasteiger partial charge in [0.25, 0.3) is 0 Å². The van der Waals surface area contributed by atoms with Gasteiger partial charge in [-0.25, -0.2) is 4.79 Å². The molecule has 1 N–H and O–H groups in total.